The van der Waals surface area contributed by atoms with Crippen LogP contribution in [0.5, 0.6) is 0 Å². The van der Waals surface area contributed by atoms with Crippen LogP contribution < -0.4 is 10.6 Å². The summed E-state index contributed by atoms with van der Waals surface area (Å²) in [5, 5.41) is 4.76. The van der Waals surface area contributed by atoms with Crippen LogP contribution in [0.25, 0.3) is 0 Å². The fraction of sp³-hybridized carbons (Fsp3) is 0.769. The van der Waals surface area contributed by atoms with E-state index < -0.39 is 30.3 Å². The van der Waals surface area contributed by atoms with Crippen molar-refractivity contribution in [3.63, 3.8) is 0 Å². The van der Waals surface area contributed by atoms with Gasteiger partial charge in [0.1, 0.15) is 18.2 Å². The molecular formula is C13H22F3N3O2. The molecule has 1 fully saturated rings. The lowest BCUT2D eigenvalue weighted by atomic mass is 10.2. The van der Waals surface area contributed by atoms with Gasteiger partial charge >= 0.3 is 6.18 Å². The van der Waals surface area contributed by atoms with Crippen LogP contribution in [0.2, 0.25) is 0 Å². The van der Waals surface area contributed by atoms with Gasteiger partial charge in [-0.3, -0.25) is 4.79 Å². The Morgan fingerprint density at radius 1 is 1.43 bits per heavy atom. The van der Waals surface area contributed by atoms with Gasteiger partial charge in [0, 0.05) is 19.6 Å². The van der Waals surface area contributed by atoms with Gasteiger partial charge in [-0.05, 0) is 27.4 Å². The van der Waals surface area contributed by atoms with Crippen LogP contribution in [0.1, 0.15) is 20.8 Å². The summed E-state index contributed by atoms with van der Waals surface area (Å²) >= 11 is 0. The standard InChI is InChI=1S/C13H22F3N3O2/c1-9(21-12(2,3)4)19-6-5-17-10(7-19)11(20)18-8-13(14,15)16/h10,17H,1,5-8H2,2-4H3,(H,18,20)/t10-/m0/s1. The average Bonchev–Trinajstić information content (AvgIpc) is 2.33. The number of carbonyl (C=O) groups is 1. The smallest absolute Gasteiger partial charge is 0.405 e. The van der Waals surface area contributed by atoms with Crippen LogP contribution >= 0.6 is 0 Å². The zero-order chi connectivity index (χ0) is 16.3. The molecule has 1 rings (SSSR count). The maximum atomic E-state index is 12.1. The number of carbonyl (C=O) groups excluding carboxylic acids is 1. The van der Waals surface area contributed by atoms with Gasteiger partial charge in [0.2, 0.25) is 5.91 Å². The second-order valence-electron chi connectivity index (χ2n) is 5.89. The molecule has 0 spiro atoms. The second-order valence-corrected chi connectivity index (χ2v) is 5.89. The molecule has 1 amide bonds. The van der Waals surface area contributed by atoms with Gasteiger partial charge in [-0.15, -0.1) is 0 Å². The van der Waals surface area contributed by atoms with Crippen molar-refractivity contribution in [1.82, 2.24) is 15.5 Å². The fourth-order valence-corrected chi connectivity index (χ4v) is 1.88. The zero-order valence-electron chi connectivity index (χ0n) is 12.5. The first-order chi connectivity index (χ1) is 9.48. The Balaban J connectivity index is 2.52. The molecule has 0 bridgehead atoms. The van der Waals surface area contributed by atoms with Gasteiger partial charge < -0.3 is 20.3 Å². The van der Waals surface area contributed by atoms with Gasteiger partial charge in [-0.2, -0.15) is 13.2 Å². The summed E-state index contributed by atoms with van der Waals surface area (Å²) in [5.41, 5.74) is -0.421. The third kappa shape index (κ3) is 6.70. The summed E-state index contributed by atoms with van der Waals surface area (Å²) in [7, 11) is 0. The van der Waals surface area contributed by atoms with Crippen LogP contribution in [0.3, 0.4) is 0 Å². The molecule has 0 saturated carbocycles. The van der Waals surface area contributed by atoms with E-state index in [2.05, 4.69) is 11.9 Å². The Kier molecular flexibility index (Phi) is 5.49. The maximum absolute atomic E-state index is 12.1. The van der Waals surface area contributed by atoms with E-state index in [-0.39, 0.29) is 6.54 Å². The zero-order valence-corrected chi connectivity index (χ0v) is 12.5. The van der Waals surface area contributed by atoms with Crippen LogP contribution in [0, 0.1) is 0 Å². The van der Waals surface area contributed by atoms with Gasteiger partial charge in [-0.25, -0.2) is 0 Å². The molecule has 1 heterocycles. The molecule has 0 unspecified atom stereocenters. The average molecular weight is 309 g/mol. The molecule has 0 aliphatic carbocycles. The van der Waals surface area contributed by atoms with Crippen LogP contribution in [0.4, 0.5) is 13.2 Å². The minimum absolute atomic E-state index is 0.221. The van der Waals surface area contributed by atoms with E-state index in [9.17, 15) is 18.0 Å². The Bertz CT molecular complexity index is 391. The van der Waals surface area contributed by atoms with E-state index in [1.165, 1.54) is 0 Å². The molecule has 21 heavy (non-hydrogen) atoms. The van der Waals surface area contributed by atoms with E-state index in [0.29, 0.717) is 19.0 Å². The highest BCUT2D eigenvalue weighted by Crippen LogP contribution is 2.17. The largest absolute Gasteiger partial charge is 0.474 e. The molecule has 0 aromatic rings. The third-order valence-corrected chi connectivity index (χ3v) is 2.73. The predicted molar refractivity (Wildman–Crippen MR) is 72.4 cm³/mol. The van der Waals surface area contributed by atoms with Crippen molar-refractivity contribution in [2.24, 2.45) is 0 Å². The van der Waals surface area contributed by atoms with Crippen molar-refractivity contribution in [3.8, 4) is 0 Å². The molecule has 122 valence electrons. The van der Waals surface area contributed by atoms with E-state index in [1.807, 2.05) is 26.1 Å². The molecule has 8 heteroatoms. The Morgan fingerprint density at radius 2 is 2.05 bits per heavy atom. The number of ether oxygens (including phenoxy) is 1. The van der Waals surface area contributed by atoms with E-state index in [0.717, 1.165) is 0 Å². The molecule has 0 aromatic carbocycles. The molecule has 0 aromatic heterocycles. The topological polar surface area (TPSA) is 53.6 Å². The fourth-order valence-electron chi connectivity index (χ4n) is 1.88. The molecule has 2 N–H and O–H groups in total. The molecule has 1 saturated heterocycles. The number of nitrogens with zero attached hydrogens (tertiary/aromatic N) is 1. The predicted octanol–water partition coefficient (Wildman–Crippen LogP) is 1.22. The highest BCUT2D eigenvalue weighted by atomic mass is 19.4. The summed E-state index contributed by atoms with van der Waals surface area (Å²) in [6.45, 7) is 9.35. The highest BCUT2D eigenvalue weighted by molar-refractivity contribution is 5.82. The number of piperazine rings is 1. The third-order valence-electron chi connectivity index (χ3n) is 2.73. The summed E-state index contributed by atoms with van der Waals surface area (Å²) in [6, 6.07) is -0.721. The van der Waals surface area contributed by atoms with Crippen molar-refractivity contribution < 1.29 is 22.7 Å². The second kappa shape index (κ2) is 6.55. The van der Waals surface area contributed by atoms with E-state index >= 15 is 0 Å². The minimum Gasteiger partial charge on any atom is -0.474 e. The molecule has 0 radical (unpaired) electrons. The summed E-state index contributed by atoms with van der Waals surface area (Å²) in [6.07, 6.45) is -4.41. The van der Waals surface area contributed by atoms with Crippen LogP contribution in [-0.4, -0.2) is 54.8 Å². The number of hydrogen-bond donors (Lipinski definition) is 2. The quantitative estimate of drug-likeness (QED) is 0.767. The van der Waals surface area contributed by atoms with Crippen molar-refractivity contribution in [1.29, 1.82) is 0 Å². The number of alkyl halides is 3. The molecular weight excluding hydrogens is 287 g/mol. The number of halogens is 3. The van der Waals surface area contributed by atoms with Crippen LogP contribution in [-0.2, 0) is 9.53 Å². The first-order valence-electron chi connectivity index (χ1n) is 6.69. The molecule has 1 atom stereocenters. The molecule has 5 nitrogen and oxygen atoms in total. The molecule has 1 aliphatic rings. The van der Waals surface area contributed by atoms with Crippen molar-refractivity contribution in [3.05, 3.63) is 12.5 Å². The minimum atomic E-state index is -4.41. The van der Waals surface area contributed by atoms with Gasteiger partial charge in [0.05, 0.1) is 0 Å². The number of amides is 1. The van der Waals surface area contributed by atoms with E-state index in [4.69, 9.17) is 4.74 Å². The monoisotopic (exact) mass is 309 g/mol. The number of nitrogens with one attached hydrogen (secondary N) is 2. The normalized spacial score (nSPS) is 20.1. The SMILES string of the molecule is C=C(OC(C)(C)C)N1CCN[C@H](C(=O)NCC(F)(F)F)C1. The number of rotatable bonds is 4. The van der Waals surface area contributed by atoms with E-state index in [1.54, 1.807) is 4.90 Å². The van der Waals surface area contributed by atoms with Crippen LogP contribution in [0.15, 0.2) is 12.5 Å². The Labute approximate surface area is 122 Å². The van der Waals surface area contributed by atoms with Crippen molar-refractivity contribution in [2.45, 2.75) is 38.6 Å². The van der Waals surface area contributed by atoms with Gasteiger partial charge in [0.15, 0.2) is 5.88 Å². The first kappa shape index (κ1) is 17.6. The lowest BCUT2D eigenvalue weighted by Gasteiger charge is -2.37. The summed E-state index contributed by atoms with van der Waals surface area (Å²) in [5.74, 6) is -0.266. The Hall–Kier alpha value is -1.44. The first-order valence-corrected chi connectivity index (χ1v) is 6.69. The summed E-state index contributed by atoms with van der Waals surface area (Å²) in [4.78, 5) is 13.5. The summed E-state index contributed by atoms with van der Waals surface area (Å²) < 4.78 is 41.9. The highest BCUT2D eigenvalue weighted by Gasteiger charge is 2.32. The number of hydrogen-bond acceptors (Lipinski definition) is 4. The maximum Gasteiger partial charge on any atom is 0.405 e. The van der Waals surface area contributed by atoms with Crippen molar-refractivity contribution in [2.75, 3.05) is 26.2 Å². The lowest BCUT2D eigenvalue weighted by molar-refractivity contribution is -0.140. The van der Waals surface area contributed by atoms with Gasteiger partial charge in [0.25, 0.3) is 0 Å². The molecule has 1 aliphatic heterocycles. The lowest BCUT2D eigenvalue weighted by Crippen LogP contribution is -2.57. The Morgan fingerprint density at radius 3 is 2.57 bits per heavy atom. The van der Waals surface area contributed by atoms with Gasteiger partial charge in [-0.1, -0.05) is 0 Å². The van der Waals surface area contributed by atoms with Crippen molar-refractivity contribution >= 4 is 5.91 Å².